The SMILES string of the molecule is CCC(C)C(=O)OCCI. The van der Waals surface area contributed by atoms with Gasteiger partial charge in [0.25, 0.3) is 0 Å². The Morgan fingerprint density at radius 3 is 2.70 bits per heavy atom. The fourth-order valence-corrected chi connectivity index (χ4v) is 0.668. The highest BCUT2D eigenvalue weighted by Crippen LogP contribution is 2.02. The zero-order valence-electron chi connectivity index (χ0n) is 6.39. The number of rotatable bonds is 4. The van der Waals surface area contributed by atoms with Gasteiger partial charge in [-0.3, -0.25) is 4.79 Å². The molecule has 0 N–H and O–H groups in total. The van der Waals surface area contributed by atoms with E-state index in [9.17, 15) is 4.79 Å². The molecule has 0 saturated heterocycles. The van der Waals surface area contributed by atoms with E-state index in [1.54, 1.807) is 0 Å². The third-order valence-corrected chi connectivity index (χ3v) is 1.78. The first-order valence-corrected chi connectivity index (χ1v) is 4.97. The second kappa shape index (κ2) is 5.95. The second-order valence-corrected chi connectivity index (χ2v) is 3.24. The molecule has 3 heteroatoms. The van der Waals surface area contributed by atoms with Crippen molar-refractivity contribution in [2.24, 2.45) is 5.92 Å². The zero-order chi connectivity index (χ0) is 7.98. The monoisotopic (exact) mass is 256 g/mol. The van der Waals surface area contributed by atoms with E-state index in [0.29, 0.717) is 6.61 Å². The smallest absolute Gasteiger partial charge is 0.308 e. The van der Waals surface area contributed by atoms with Crippen molar-refractivity contribution < 1.29 is 9.53 Å². The molecule has 0 aliphatic heterocycles. The maximum absolute atomic E-state index is 10.9. The Hall–Kier alpha value is 0.200. The fourth-order valence-electron chi connectivity index (χ4n) is 0.448. The Morgan fingerprint density at radius 2 is 2.30 bits per heavy atom. The van der Waals surface area contributed by atoms with Gasteiger partial charge in [-0.1, -0.05) is 36.4 Å². The lowest BCUT2D eigenvalue weighted by Gasteiger charge is -2.06. The van der Waals surface area contributed by atoms with Crippen LogP contribution in [0.3, 0.4) is 0 Å². The summed E-state index contributed by atoms with van der Waals surface area (Å²) in [6, 6.07) is 0. The summed E-state index contributed by atoms with van der Waals surface area (Å²) < 4.78 is 5.77. The molecular weight excluding hydrogens is 243 g/mol. The first kappa shape index (κ1) is 10.2. The lowest BCUT2D eigenvalue weighted by atomic mass is 10.1. The highest BCUT2D eigenvalue weighted by Gasteiger charge is 2.10. The van der Waals surface area contributed by atoms with Crippen molar-refractivity contribution in [2.75, 3.05) is 11.0 Å². The van der Waals surface area contributed by atoms with E-state index < -0.39 is 0 Å². The van der Waals surface area contributed by atoms with Gasteiger partial charge in [0.05, 0.1) is 5.92 Å². The molecule has 0 saturated carbocycles. The maximum Gasteiger partial charge on any atom is 0.308 e. The van der Waals surface area contributed by atoms with Crippen molar-refractivity contribution in [3.63, 3.8) is 0 Å². The maximum atomic E-state index is 10.9. The molecular formula is C7H13IO2. The Bertz CT molecular complexity index is 104. The normalized spacial score (nSPS) is 12.7. The number of carbonyl (C=O) groups is 1. The Balaban J connectivity index is 3.42. The Kier molecular flexibility index (Phi) is 6.06. The standard InChI is InChI=1S/C7H13IO2/c1-3-6(2)7(9)10-5-4-8/h6H,3-5H2,1-2H3. The van der Waals surface area contributed by atoms with Crippen LogP contribution < -0.4 is 0 Å². The molecule has 0 fully saturated rings. The second-order valence-electron chi connectivity index (χ2n) is 2.17. The molecule has 0 aliphatic rings. The number of halogens is 1. The summed E-state index contributed by atoms with van der Waals surface area (Å²) in [5.41, 5.74) is 0. The Labute approximate surface area is 75.5 Å². The van der Waals surface area contributed by atoms with E-state index in [2.05, 4.69) is 22.6 Å². The average molecular weight is 256 g/mol. The van der Waals surface area contributed by atoms with Crippen LogP contribution >= 0.6 is 22.6 Å². The van der Waals surface area contributed by atoms with Crippen molar-refractivity contribution in [3.8, 4) is 0 Å². The first-order valence-electron chi connectivity index (χ1n) is 3.45. The summed E-state index contributed by atoms with van der Waals surface area (Å²) in [6.07, 6.45) is 0.861. The number of hydrogen-bond acceptors (Lipinski definition) is 2. The summed E-state index contributed by atoms with van der Waals surface area (Å²) in [5, 5.41) is 0. The molecule has 0 rings (SSSR count). The minimum Gasteiger partial charge on any atom is -0.465 e. The van der Waals surface area contributed by atoms with Gasteiger partial charge in [-0.25, -0.2) is 0 Å². The molecule has 1 atom stereocenters. The molecule has 0 aromatic heterocycles. The summed E-state index contributed by atoms with van der Waals surface area (Å²) in [7, 11) is 0. The molecule has 2 nitrogen and oxygen atoms in total. The van der Waals surface area contributed by atoms with E-state index >= 15 is 0 Å². The molecule has 0 heterocycles. The minimum atomic E-state index is -0.0702. The molecule has 0 radical (unpaired) electrons. The average Bonchev–Trinajstić information content (AvgIpc) is 1.98. The van der Waals surface area contributed by atoms with Crippen LogP contribution in [0.5, 0.6) is 0 Å². The quantitative estimate of drug-likeness (QED) is 0.437. The van der Waals surface area contributed by atoms with Crippen molar-refractivity contribution in [1.82, 2.24) is 0 Å². The number of carbonyl (C=O) groups excluding carboxylic acids is 1. The fraction of sp³-hybridized carbons (Fsp3) is 0.857. The minimum absolute atomic E-state index is 0.0583. The summed E-state index contributed by atoms with van der Waals surface area (Å²) >= 11 is 2.18. The number of esters is 1. The van der Waals surface area contributed by atoms with Gasteiger partial charge < -0.3 is 4.74 Å². The number of ether oxygens (including phenoxy) is 1. The van der Waals surface area contributed by atoms with E-state index in [0.717, 1.165) is 10.8 Å². The van der Waals surface area contributed by atoms with Crippen molar-refractivity contribution >= 4 is 28.6 Å². The van der Waals surface area contributed by atoms with Crippen LogP contribution in [0.2, 0.25) is 0 Å². The third kappa shape index (κ3) is 4.09. The highest BCUT2D eigenvalue weighted by atomic mass is 127. The lowest BCUT2D eigenvalue weighted by molar-refractivity contribution is -0.147. The van der Waals surface area contributed by atoms with Gasteiger partial charge >= 0.3 is 5.97 Å². The van der Waals surface area contributed by atoms with Crippen molar-refractivity contribution in [2.45, 2.75) is 20.3 Å². The molecule has 0 aromatic carbocycles. The largest absolute Gasteiger partial charge is 0.465 e. The Morgan fingerprint density at radius 1 is 1.70 bits per heavy atom. The molecule has 1 unspecified atom stereocenters. The van der Waals surface area contributed by atoms with Crippen LogP contribution in [-0.2, 0) is 9.53 Å². The topological polar surface area (TPSA) is 26.3 Å². The van der Waals surface area contributed by atoms with Gasteiger partial charge in [-0.2, -0.15) is 0 Å². The van der Waals surface area contributed by atoms with Gasteiger partial charge in [0, 0.05) is 4.43 Å². The molecule has 0 aliphatic carbocycles. The third-order valence-electron chi connectivity index (χ3n) is 1.34. The van der Waals surface area contributed by atoms with E-state index in [-0.39, 0.29) is 11.9 Å². The van der Waals surface area contributed by atoms with Crippen molar-refractivity contribution in [3.05, 3.63) is 0 Å². The highest BCUT2D eigenvalue weighted by molar-refractivity contribution is 14.1. The predicted molar refractivity (Wildman–Crippen MR) is 49.3 cm³/mol. The van der Waals surface area contributed by atoms with Crippen LogP contribution in [0.1, 0.15) is 20.3 Å². The number of hydrogen-bond donors (Lipinski definition) is 0. The van der Waals surface area contributed by atoms with Crippen LogP contribution in [-0.4, -0.2) is 17.0 Å². The number of alkyl halides is 1. The van der Waals surface area contributed by atoms with Gasteiger partial charge in [-0.05, 0) is 6.42 Å². The van der Waals surface area contributed by atoms with Gasteiger partial charge in [0.15, 0.2) is 0 Å². The molecule has 0 aromatic rings. The van der Waals surface area contributed by atoms with Crippen molar-refractivity contribution in [1.29, 1.82) is 0 Å². The molecule has 0 bridgehead atoms. The lowest BCUT2D eigenvalue weighted by Crippen LogP contribution is -2.14. The summed E-state index contributed by atoms with van der Waals surface area (Å²) in [6.45, 7) is 4.41. The summed E-state index contributed by atoms with van der Waals surface area (Å²) in [4.78, 5) is 10.9. The van der Waals surface area contributed by atoms with Gasteiger partial charge in [-0.15, -0.1) is 0 Å². The van der Waals surface area contributed by atoms with Gasteiger partial charge in [0.1, 0.15) is 6.61 Å². The molecule has 60 valence electrons. The van der Waals surface area contributed by atoms with E-state index in [1.807, 2.05) is 13.8 Å². The van der Waals surface area contributed by atoms with Gasteiger partial charge in [0.2, 0.25) is 0 Å². The van der Waals surface area contributed by atoms with Crippen LogP contribution in [0.25, 0.3) is 0 Å². The van der Waals surface area contributed by atoms with E-state index in [4.69, 9.17) is 4.74 Å². The zero-order valence-corrected chi connectivity index (χ0v) is 8.55. The summed E-state index contributed by atoms with van der Waals surface area (Å²) in [5.74, 6) is -0.0119. The van der Waals surface area contributed by atoms with Crippen LogP contribution in [0.15, 0.2) is 0 Å². The van der Waals surface area contributed by atoms with Crippen LogP contribution in [0, 0.1) is 5.92 Å². The first-order chi connectivity index (χ1) is 4.72. The predicted octanol–water partition coefficient (Wildman–Crippen LogP) is 2.01. The van der Waals surface area contributed by atoms with Crippen LogP contribution in [0.4, 0.5) is 0 Å². The molecule has 10 heavy (non-hydrogen) atoms. The molecule has 0 amide bonds. The molecule has 0 spiro atoms. The van der Waals surface area contributed by atoms with E-state index in [1.165, 1.54) is 0 Å².